The van der Waals surface area contributed by atoms with Crippen molar-refractivity contribution in [3.63, 3.8) is 0 Å². The number of fused-ring (bicyclic) bond motifs is 1. The van der Waals surface area contributed by atoms with Gasteiger partial charge in [0.2, 0.25) is 5.91 Å². The number of ether oxygens (including phenoxy) is 1. The Kier molecular flexibility index (Phi) is 7.12. The van der Waals surface area contributed by atoms with Gasteiger partial charge in [0, 0.05) is 19.5 Å². The number of nitrogens with zero attached hydrogens (tertiary/aromatic N) is 1. The normalized spacial score (nSPS) is 13.0. The third kappa shape index (κ3) is 5.62. The molecule has 3 amide bonds. The first-order chi connectivity index (χ1) is 18.1. The van der Waals surface area contributed by atoms with Crippen LogP contribution in [0.5, 0.6) is 5.75 Å². The summed E-state index contributed by atoms with van der Waals surface area (Å²) < 4.78 is 5.89. The van der Waals surface area contributed by atoms with Crippen molar-refractivity contribution in [2.45, 2.75) is 19.4 Å². The number of rotatable bonds is 8. The molecule has 0 saturated carbocycles. The second-order valence-corrected chi connectivity index (χ2v) is 8.87. The van der Waals surface area contributed by atoms with Crippen molar-refractivity contribution in [3.8, 4) is 5.75 Å². The molecule has 4 aromatic rings. The van der Waals surface area contributed by atoms with Gasteiger partial charge >= 0.3 is 0 Å². The van der Waals surface area contributed by atoms with Crippen LogP contribution in [0.15, 0.2) is 91.0 Å². The third-order valence-corrected chi connectivity index (χ3v) is 6.29. The van der Waals surface area contributed by atoms with Crippen LogP contribution < -0.4 is 20.3 Å². The predicted molar refractivity (Wildman–Crippen MR) is 144 cm³/mol. The molecular formula is C30H27N3O4. The third-order valence-electron chi connectivity index (χ3n) is 6.29. The first-order valence-corrected chi connectivity index (χ1v) is 12.3. The number of nitrogens with one attached hydrogen (secondary N) is 2. The van der Waals surface area contributed by atoms with Gasteiger partial charge in [-0.15, -0.1) is 0 Å². The van der Waals surface area contributed by atoms with Crippen molar-refractivity contribution in [2.24, 2.45) is 0 Å². The molecule has 186 valence electrons. The van der Waals surface area contributed by atoms with Crippen LogP contribution >= 0.6 is 0 Å². The molecule has 7 heteroatoms. The minimum atomic E-state index is -0.386. The van der Waals surface area contributed by atoms with Gasteiger partial charge in [-0.2, -0.15) is 0 Å². The minimum Gasteiger partial charge on any atom is -0.483 e. The molecule has 0 radical (unpaired) electrons. The summed E-state index contributed by atoms with van der Waals surface area (Å²) in [4.78, 5) is 39.9. The fourth-order valence-corrected chi connectivity index (χ4v) is 4.44. The molecule has 1 aliphatic rings. The Labute approximate surface area is 215 Å². The zero-order valence-electron chi connectivity index (χ0n) is 20.3. The van der Waals surface area contributed by atoms with E-state index < -0.39 is 0 Å². The largest absolute Gasteiger partial charge is 0.483 e. The lowest BCUT2D eigenvalue weighted by Crippen LogP contribution is -2.27. The Morgan fingerprint density at radius 1 is 0.865 bits per heavy atom. The second-order valence-electron chi connectivity index (χ2n) is 8.87. The highest BCUT2D eigenvalue weighted by atomic mass is 16.5. The van der Waals surface area contributed by atoms with E-state index in [4.69, 9.17) is 4.74 Å². The zero-order chi connectivity index (χ0) is 25.6. The quantitative estimate of drug-likeness (QED) is 0.365. The fourth-order valence-electron chi connectivity index (χ4n) is 4.44. The minimum absolute atomic E-state index is 0.0419. The Bertz CT molecular complexity index is 1450. The van der Waals surface area contributed by atoms with Crippen molar-refractivity contribution < 1.29 is 19.1 Å². The number of amides is 3. The molecule has 0 aliphatic carbocycles. The molecule has 4 aromatic carbocycles. The highest BCUT2D eigenvalue weighted by Gasteiger charge is 2.24. The fraction of sp³-hybridized carbons (Fsp3) is 0.167. The van der Waals surface area contributed by atoms with E-state index in [0.29, 0.717) is 42.2 Å². The summed E-state index contributed by atoms with van der Waals surface area (Å²) >= 11 is 0. The molecular weight excluding hydrogens is 466 g/mol. The monoisotopic (exact) mass is 493 g/mol. The van der Waals surface area contributed by atoms with Gasteiger partial charge in [-0.1, -0.05) is 66.7 Å². The number of anilines is 2. The van der Waals surface area contributed by atoms with Gasteiger partial charge in [0.1, 0.15) is 5.75 Å². The number of carbonyl (C=O) groups is 3. The summed E-state index contributed by atoms with van der Waals surface area (Å²) in [5.41, 5.74) is 2.55. The van der Waals surface area contributed by atoms with Gasteiger partial charge in [0.25, 0.3) is 11.8 Å². The molecule has 0 unspecified atom stereocenters. The van der Waals surface area contributed by atoms with E-state index in [-0.39, 0.29) is 24.3 Å². The second kappa shape index (κ2) is 11.0. The van der Waals surface area contributed by atoms with Crippen molar-refractivity contribution in [1.29, 1.82) is 0 Å². The molecule has 0 bridgehead atoms. The van der Waals surface area contributed by atoms with E-state index in [1.54, 1.807) is 29.2 Å². The molecule has 1 saturated heterocycles. The summed E-state index contributed by atoms with van der Waals surface area (Å²) in [6, 6.07) is 28.1. The van der Waals surface area contributed by atoms with Gasteiger partial charge in [0.15, 0.2) is 6.61 Å². The molecule has 1 heterocycles. The van der Waals surface area contributed by atoms with E-state index in [1.807, 2.05) is 66.7 Å². The zero-order valence-corrected chi connectivity index (χ0v) is 20.3. The van der Waals surface area contributed by atoms with Crippen LogP contribution in [0.2, 0.25) is 0 Å². The first kappa shape index (κ1) is 24.1. The van der Waals surface area contributed by atoms with E-state index in [1.165, 1.54) is 0 Å². The summed E-state index contributed by atoms with van der Waals surface area (Å²) in [6.45, 7) is 0.707. The standard InChI is InChI=1S/C30H27N3O4/c34-28(32-25-13-6-7-14-26(25)33-16-8-15-29(33)35)20-37-27-18-23-12-5-4-11-22(23)17-24(27)30(36)31-19-21-9-2-1-3-10-21/h1-7,9-14,17-18H,8,15-16,19-20H2,(H,31,36)(H,32,34). The van der Waals surface area contributed by atoms with E-state index in [0.717, 1.165) is 22.8 Å². The molecule has 0 atom stereocenters. The molecule has 0 aromatic heterocycles. The summed E-state index contributed by atoms with van der Waals surface area (Å²) in [7, 11) is 0. The molecule has 1 fully saturated rings. The van der Waals surface area contributed by atoms with Crippen LogP contribution in [0, 0.1) is 0 Å². The summed E-state index contributed by atoms with van der Waals surface area (Å²) in [6.07, 6.45) is 1.30. The number of hydrogen-bond acceptors (Lipinski definition) is 4. The average molecular weight is 494 g/mol. The van der Waals surface area contributed by atoms with Crippen LogP contribution in [-0.2, 0) is 16.1 Å². The van der Waals surface area contributed by atoms with Crippen molar-refractivity contribution in [1.82, 2.24) is 5.32 Å². The SMILES string of the molecule is O=C(COc1cc2ccccc2cc1C(=O)NCc1ccccc1)Nc1ccccc1N1CCCC1=O. The topological polar surface area (TPSA) is 87.7 Å². The van der Waals surface area contributed by atoms with Gasteiger partial charge in [-0.25, -0.2) is 0 Å². The predicted octanol–water partition coefficient (Wildman–Crippen LogP) is 4.91. The van der Waals surface area contributed by atoms with Crippen LogP contribution in [0.4, 0.5) is 11.4 Å². The van der Waals surface area contributed by atoms with Crippen LogP contribution in [0.3, 0.4) is 0 Å². The highest BCUT2D eigenvalue weighted by molar-refractivity contribution is 6.03. The van der Waals surface area contributed by atoms with Crippen LogP contribution in [0.25, 0.3) is 10.8 Å². The van der Waals surface area contributed by atoms with Gasteiger partial charge < -0.3 is 20.3 Å². The highest BCUT2D eigenvalue weighted by Crippen LogP contribution is 2.30. The molecule has 7 nitrogen and oxygen atoms in total. The van der Waals surface area contributed by atoms with Crippen molar-refractivity contribution >= 4 is 39.9 Å². The van der Waals surface area contributed by atoms with Crippen molar-refractivity contribution in [2.75, 3.05) is 23.4 Å². The maximum Gasteiger partial charge on any atom is 0.262 e. The number of hydrogen-bond donors (Lipinski definition) is 2. The van der Waals surface area contributed by atoms with Crippen LogP contribution in [0.1, 0.15) is 28.8 Å². The van der Waals surface area contributed by atoms with E-state index in [2.05, 4.69) is 10.6 Å². The van der Waals surface area contributed by atoms with Crippen LogP contribution in [-0.4, -0.2) is 30.9 Å². The summed E-state index contributed by atoms with van der Waals surface area (Å²) in [5, 5.41) is 7.58. The molecule has 2 N–H and O–H groups in total. The van der Waals surface area contributed by atoms with E-state index >= 15 is 0 Å². The average Bonchev–Trinajstić information content (AvgIpc) is 3.36. The number of carbonyl (C=O) groups excluding carboxylic acids is 3. The summed E-state index contributed by atoms with van der Waals surface area (Å²) in [5.74, 6) is -0.312. The molecule has 0 spiro atoms. The molecule has 5 rings (SSSR count). The maximum atomic E-state index is 13.1. The lowest BCUT2D eigenvalue weighted by atomic mass is 10.1. The molecule has 1 aliphatic heterocycles. The Morgan fingerprint density at radius 2 is 1.57 bits per heavy atom. The number of para-hydroxylation sites is 2. The van der Waals surface area contributed by atoms with Gasteiger partial charge in [-0.3, -0.25) is 14.4 Å². The Balaban J connectivity index is 1.32. The number of benzene rings is 4. The Morgan fingerprint density at radius 3 is 2.32 bits per heavy atom. The van der Waals surface area contributed by atoms with Gasteiger partial charge in [0.05, 0.1) is 16.9 Å². The lowest BCUT2D eigenvalue weighted by molar-refractivity contribution is -0.118. The maximum absolute atomic E-state index is 13.1. The van der Waals surface area contributed by atoms with Crippen molar-refractivity contribution in [3.05, 3.63) is 102 Å². The Hall–Kier alpha value is -4.65. The smallest absolute Gasteiger partial charge is 0.262 e. The van der Waals surface area contributed by atoms with E-state index in [9.17, 15) is 14.4 Å². The first-order valence-electron chi connectivity index (χ1n) is 12.3. The lowest BCUT2D eigenvalue weighted by Gasteiger charge is -2.20. The molecule has 37 heavy (non-hydrogen) atoms. The van der Waals surface area contributed by atoms with Gasteiger partial charge in [-0.05, 0) is 47.0 Å².